The molecule has 2 amide bonds. The first-order valence-corrected chi connectivity index (χ1v) is 12.9. The maximum absolute atomic E-state index is 12.8. The van der Waals surface area contributed by atoms with E-state index in [0.717, 1.165) is 33.7 Å². The molecule has 2 aliphatic heterocycles. The molecule has 3 aromatic carbocycles. The second-order valence-corrected chi connectivity index (χ2v) is 10.5. The summed E-state index contributed by atoms with van der Waals surface area (Å²) in [4.78, 5) is 29.9. The zero-order chi connectivity index (χ0) is 25.2. The van der Waals surface area contributed by atoms with Crippen LogP contribution in [0.4, 0.5) is 5.69 Å². The van der Waals surface area contributed by atoms with Gasteiger partial charge in [-0.1, -0.05) is 78.0 Å². The van der Waals surface area contributed by atoms with Gasteiger partial charge in [0.1, 0.15) is 5.25 Å². The van der Waals surface area contributed by atoms with E-state index in [1.54, 1.807) is 0 Å². The van der Waals surface area contributed by atoms with Crippen LogP contribution in [0.25, 0.3) is 0 Å². The third kappa shape index (κ3) is 5.26. The van der Waals surface area contributed by atoms with Gasteiger partial charge in [0.2, 0.25) is 5.91 Å². The molecule has 0 fully saturated rings. The van der Waals surface area contributed by atoms with Crippen molar-refractivity contribution in [2.45, 2.75) is 44.9 Å². The first kappa shape index (κ1) is 24.0. The van der Waals surface area contributed by atoms with Gasteiger partial charge in [0.25, 0.3) is 5.91 Å². The van der Waals surface area contributed by atoms with Crippen molar-refractivity contribution in [3.63, 3.8) is 0 Å². The topological polar surface area (TPSA) is 74.1 Å². The van der Waals surface area contributed by atoms with Crippen molar-refractivity contribution in [3.8, 4) is 0 Å². The number of thioether (sulfide) groups is 1. The predicted molar refractivity (Wildman–Crippen MR) is 146 cm³/mol. The average Bonchev–Trinajstić information content (AvgIpc) is 3.43. The molecule has 2 atom stereocenters. The van der Waals surface area contributed by atoms with E-state index in [-0.39, 0.29) is 24.3 Å². The Labute approximate surface area is 215 Å². The Kier molecular flexibility index (Phi) is 6.74. The van der Waals surface area contributed by atoms with E-state index < -0.39 is 5.25 Å². The SMILES string of the molecule is Cc1ccc([C@@H]2CC(c3ccccc3)=NN2C2=NC(=O)[C@@H](CC(=O)Nc3cc(C)cc(C)c3)S2)cc1. The number of aryl methyl sites for hydroxylation is 3. The molecule has 2 aliphatic rings. The molecular weight excluding hydrogens is 468 g/mol. The molecule has 6 nitrogen and oxygen atoms in total. The molecule has 0 bridgehead atoms. The maximum Gasteiger partial charge on any atom is 0.262 e. The summed E-state index contributed by atoms with van der Waals surface area (Å²) in [5, 5.41) is 9.66. The highest BCUT2D eigenvalue weighted by atomic mass is 32.2. The van der Waals surface area contributed by atoms with E-state index in [0.29, 0.717) is 11.6 Å². The van der Waals surface area contributed by atoms with Crippen LogP contribution >= 0.6 is 11.8 Å². The Morgan fingerprint density at radius 2 is 1.67 bits per heavy atom. The fourth-order valence-electron chi connectivity index (χ4n) is 4.57. The number of anilines is 1. The lowest BCUT2D eigenvalue weighted by atomic mass is 9.98. The largest absolute Gasteiger partial charge is 0.326 e. The Morgan fingerprint density at radius 3 is 2.36 bits per heavy atom. The fourth-order valence-corrected chi connectivity index (χ4v) is 5.63. The number of benzene rings is 3. The summed E-state index contributed by atoms with van der Waals surface area (Å²) in [5.41, 5.74) is 7.19. The van der Waals surface area contributed by atoms with Crippen molar-refractivity contribution in [2.24, 2.45) is 10.1 Å². The van der Waals surface area contributed by atoms with Gasteiger partial charge >= 0.3 is 0 Å². The van der Waals surface area contributed by atoms with Crippen molar-refractivity contribution < 1.29 is 9.59 Å². The highest BCUT2D eigenvalue weighted by Crippen LogP contribution is 2.38. The number of nitrogens with one attached hydrogen (secondary N) is 1. The number of rotatable bonds is 5. The average molecular weight is 497 g/mol. The highest BCUT2D eigenvalue weighted by Gasteiger charge is 2.39. The molecule has 1 N–H and O–H groups in total. The molecule has 7 heteroatoms. The van der Waals surface area contributed by atoms with Crippen molar-refractivity contribution in [3.05, 3.63) is 101 Å². The minimum atomic E-state index is -0.569. The number of amides is 2. The van der Waals surface area contributed by atoms with Gasteiger partial charge in [-0.2, -0.15) is 10.1 Å². The molecule has 3 aromatic rings. The lowest BCUT2D eigenvalue weighted by Gasteiger charge is -2.23. The number of carbonyl (C=O) groups excluding carboxylic acids is 2. The summed E-state index contributed by atoms with van der Waals surface area (Å²) < 4.78 is 0. The molecular formula is C29H28N4O2S. The molecule has 0 aromatic heterocycles. The Bertz CT molecular complexity index is 1350. The first-order chi connectivity index (χ1) is 17.4. The van der Waals surface area contributed by atoms with Gasteiger partial charge in [0, 0.05) is 18.5 Å². The molecule has 0 spiro atoms. The number of amidine groups is 1. The Balaban J connectivity index is 1.34. The third-order valence-electron chi connectivity index (χ3n) is 6.28. The van der Waals surface area contributed by atoms with Gasteiger partial charge in [0.15, 0.2) is 5.17 Å². The minimum Gasteiger partial charge on any atom is -0.326 e. The van der Waals surface area contributed by atoms with E-state index in [4.69, 9.17) is 5.10 Å². The molecule has 0 aliphatic carbocycles. The van der Waals surface area contributed by atoms with Crippen LogP contribution in [0.5, 0.6) is 0 Å². The van der Waals surface area contributed by atoms with Crippen LogP contribution < -0.4 is 5.32 Å². The molecule has 0 saturated carbocycles. The van der Waals surface area contributed by atoms with E-state index in [1.807, 2.05) is 61.3 Å². The quantitative estimate of drug-likeness (QED) is 0.485. The highest BCUT2D eigenvalue weighted by molar-refractivity contribution is 8.15. The van der Waals surface area contributed by atoms with Gasteiger partial charge in [-0.3, -0.25) is 9.59 Å². The van der Waals surface area contributed by atoms with Crippen LogP contribution in [0.1, 0.15) is 46.7 Å². The van der Waals surface area contributed by atoms with Crippen LogP contribution in [0, 0.1) is 20.8 Å². The summed E-state index contributed by atoms with van der Waals surface area (Å²) in [6.45, 7) is 6.04. The van der Waals surface area contributed by atoms with E-state index >= 15 is 0 Å². The monoisotopic (exact) mass is 496 g/mol. The number of carbonyl (C=O) groups is 2. The molecule has 0 radical (unpaired) electrons. The summed E-state index contributed by atoms with van der Waals surface area (Å²) in [6.07, 6.45) is 0.764. The van der Waals surface area contributed by atoms with Crippen LogP contribution in [-0.4, -0.2) is 33.0 Å². The lowest BCUT2D eigenvalue weighted by Crippen LogP contribution is -2.25. The van der Waals surface area contributed by atoms with Gasteiger partial charge in [0.05, 0.1) is 11.8 Å². The van der Waals surface area contributed by atoms with Gasteiger partial charge in [-0.25, -0.2) is 5.01 Å². The number of hydrogen-bond donors (Lipinski definition) is 1. The molecule has 0 saturated heterocycles. The van der Waals surface area contributed by atoms with Crippen molar-refractivity contribution in [1.29, 1.82) is 0 Å². The molecule has 0 unspecified atom stereocenters. The zero-order valence-electron chi connectivity index (χ0n) is 20.6. The van der Waals surface area contributed by atoms with Crippen LogP contribution in [-0.2, 0) is 9.59 Å². The summed E-state index contributed by atoms with van der Waals surface area (Å²) in [7, 11) is 0. The summed E-state index contributed by atoms with van der Waals surface area (Å²) >= 11 is 1.32. The second-order valence-electron chi connectivity index (χ2n) is 9.36. The van der Waals surface area contributed by atoms with Crippen molar-refractivity contribution >= 4 is 40.1 Å². The smallest absolute Gasteiger partial charge is 0.262 e. The predicted octanol–water partition coefficient (Wildman–Crippen LogP) is 5.79. The molecule has 36 heavy (non-hydrogen) atoms. The minimum absolute atomic E-state index is 0.0573. The zero-order valence-corrected chi connectivity index (χ0v) is 21.4. The van der Waals surface area contributed by atoms with Gasteiger partial charge < -0.3 is 5.32 Å². The number of aliphatic imine (C=N–C) groups is 1. The number of nitrogens with zero attached hydrogens (tertiary/aromatic N) is 3. The lowest BCUT2D eigenvalue weighted by molar-refractivity contribution is -0.121. The number of hydrogen-bond acceptors (Lipinski definition) is 5. The standard InChI is InChI=1S/C29H28N4O2S/c1-18-9-11-22(12-10-18)25-16-24(21-7-5-4-6-8-21)32-33(25)29-31-28(35)26(36-29)17-27(34)30-23-14-19(2)13-20(3)15-23/h4-15,25-26H,16-17H2,1-3H3,(H,30,34)/t25-,26+/m0/s1. The van der Waals surface area contributed by atoms with E-state index in [2.05, 4.69) is 47.6 Å². The van der Waals surface area contributed by atoms with Crippen LogP contribution in [0.15, 0.2) is 82.9 Å². The summed E-state index contributed by atoms with van der Waals surface area (Å²) in [6, 6.07) is 24.3. The second kappa shape index (κ2) is 10.1. The fraction of sp³-hybridized carbons (Fsp3) is 0.241. The van der Waals surface area contributed by atoms with Crippen molar-refractivity contribution in [2.75, 3.05) is 5.32 Å². The Hall–Kier alpha value is -3.71. The van der Waals surface area contributed by atoms with E-state index in [9.17, 15) is 9.59 Å². The van der Waals surface area contributed by atoms with Crippen molar-refractivity contribution in [1.82, 2.24) is 5.01 Å². The first-order valence-electron chi connectivity index (χ1n) is 12.0. The maximum atomic E-state index is 12.8. The normalized spacial score (nSPS) is 19.3. The van der Waals surface area contributed by atoms with E-state index in [1.165, 1.54) is 17.3 Å². The Morgan fingerprint density at radius 1 is 0.972 bits per heavy atom. The third-order valence-corrected chi connectivity index (χ3v) is 7.42. The number of hydrazone groups is 1. The molecule has 182 valence electrons. The van der Waals surface area contributed by atoms with Crippen LogP contribution in [0.3, 0.4) is 0 Å². The summed E-state index contributed by atoms with van der Waals surface area (Å²) in [5.74, 6) is -0.496. The van der Waals surface area contributed by atoms with Gasteiger partial charge in [-0.15, -0.1) is 0 Å². The molecule has 2 heterocycles. The van der Waals surface area contributed by atoms with Gasteiger partial charge in [-0.05, 0) is 55.2 Å². The molecule has 5 rings (SSSR count). The van der Waals surface area contributed by atoms with Crippen LogP contribution in [0.2, 0.25) is 0 Å².